The third kappa shape index (κ3) is 7.52. The molecule has 0 N–H and O–H groups in total. The SMILES string of the molecule is Cc1nn2c(c1-c1c(-c3cn(C)nc3OC(F)F)c3cccnc3n1COCC[Si](C)(C)C)OCC(O[Si](c1ccccc1)(c1ccccc1)C(C)(C)C)C2. The van der Waals surface area contributed by atoms with Gasteiger partial charge < -0.3 is 23.2 Å². The van der Waals surface area contributed by atoms with E-state index >= 15 is 0 Å². The van der Waals surface area contributed by atoms with E-state index in [4.69, 9.17) is 28.7 Å². The Labute approximate surface area is 323 Å². The molecule has 14 heteroatoms. The second-order valence-electron chi connectivity index (χ2n) is 16.4. The van der Waals surface area contributed by atoms with Gasteiger partial charge in [-0.15, -0.1) is 5.10 Å². The Balaban J connectivity index is 1.35. The zero-order valence-electron chi connectivity index (χ0n) is 32.8. The van der Waals surface area contributed by atoms with E-state index < -0.39 is 23.0 Å². The van der Waals surface area contributed by atoms with Crippen molar-refractivity contribution < 1.29 is 27.4 Å². The predicted molar refractivity (Wildman–Crippen MR) is 217 cm³/mol. The summed E-state index contributed by atoms with van der Waals surface area (Å²) in [6.45, 7) is 14.1. The molecule has 1 atom stereocenters. The van der Waals surface area contributed by atoms with Crippen LogP contribution in [0.25, 0.3) is 33.4 Å². The van der Waals surface area contributed by atoms with E-state index in [0.29, 0.717) is 47.2 Å². The Morgan fingerprint density at radius 2 is 1.60 bits per heavy atom. The first-order chi connectivity index (χ1) is 26.2. The molecule has 0 aliphatic carbocycles. The van der Waals surface area contributed by atoms with Crippen LogP contribution < -0.4 is 19.8 Å². The third-order valence-corrected chi connectivity index (χ3v) is 17.0. The average Bonchev–Trinajstić information content (AvgIpc) is 3.76. The molecule has 10 nitrogen and oxygen atoms in total. The second-order valence-corrected chi connectivity index (χ2v) is 26.3. The molecule has 290 valence electrons. The lowest BCUT2D eigenvalue weighted by molar-refractivity contribution is -0.0527. The number of nitrogens with zero attached hydrogens (tertiary/aromatic N) is 6. The van der Waals surface area contributed by atoms with Crippen molar-refractivity contribution >= 4 is 37.8 Å². The van der Waals surface area contributed by atoms with Crippen LogP contribution in [0.4, 0.5) is 8.78 Å². The van der Waals surface area contributed by atoms with Gasteiger partial charge in [0.15, 0.2) is 0 Å². The molecular weight excluding hydrogens is 735 g/mol. The summed E-state index contributed by atoms with van der Waals surface area (Å²) in [5.74, 6) is 0.382. The summed E-state index contributed by atoms with van der Waals surface area (Å²) in [6, 6.07) is 25.8. The molecule has 0 fully saturated rings. The van der Waals surface area contributed by atoms with Gasteiger partial charge in [-0.05, 0) is 40.5 Å². The number of halogens is 2. The maximum atomic E-state index is 13.8. The Kier molecular flexibility index (Phi) is 10.6. The van der Waals surface area contributed by atoms with Crippen LogP contribution in [-0.4, -0.2) is 71.4 Å². The molecule has 1 aliphatic heterocycles. The highest BCUT2D eigenvalue weighted by Crippen LogP contribution is 2.48. The minimum Gasteiger partial charge on any atom is -0.475 e. The number of hydrogen-bond acceptors (Lipinski definition) is 7. The molecule has 55 heavy (non-hydrogen) atoms. The van der Waals surface area contributed by atoms with Gasteiger partial charge in [0.2, 0.25) is 11.8 Å². The van der Waals surface area contributed by atoms with Gasteiger partial charge in [0.05, 0.1) is 35.2 Å². The molecule has 0 bridgehead atoms. The number of fused-ring (bicyclic) bond motifs is 2. The molecule has 1 unspecified atom stereocenters. The number of pyridine rings is 1. The molecule has 2 aromatic carbocycles. The first-order valence-corrected chi connectivity index (χ1v) is 24.3. The number of ether oxygens (including phenoxy) is 3. The highest BCUT2D eigenvalue weighted by molar-refractivity contribution is 6.99. The molecule has 7 rings (SSSR count). The maximum Gasteiger partial charge on any atom is 0.388 e. The second kappa shape index (κ2) is 15.1. The fourth-order valence-electron chi connectivity index (χ4n) is 7.71. The van der Waals surface area contributed by atoms with E-state index in [-0.39, 0.29) is 30.4 Å². The lowest BCUT2D eigenvalue weighted by Gasteiger charge is -2.45. The standard InChI is InChI=1S/C41H50F2N6O4Si2/c1-28-34(39-49(45-28)24-29(26-51-39)53-55(41(2,3)4,30-16-11-9-12-17-30)31-18-13-10-14-19-31)36-35(33-25-47(5)46-38(33)52-40(42)43)32-20-15-21-44-37(32)48(36)27-50-22-23-54(6,7)8/h9-21,25,29,40H,22-24,26-27H2,1-8H3. The van der Waals surface area contributed by atoms with Crippen molar-refractivity contribution in [2.45, 2.75) is 84.4 Å². The molecule has 1 aliphatic rings. The largest absolute Gasteiger partial charge is 0.475 e. The van der Waals surface area contributed by atoms with E-state index in [9.17, 15) is 8.78 Å². The summed E-state index contributed by atoms with van der Waals surface area (Å²) < 4.78 is 58.5. The summed E-state index contributed by atoms with van der Waals surface area (Å²) in [5.41, 5.74) is 3.77. The molecule has 6 aromatic rings. The average molecular weight is 785 g/mol. The molecule has 0 spiro atoms. The number of aromatic nitrogens is 6. The van der Waals surface area contributed by atoms with E-state index in [2.05, 4.69) is 94.0 Å². The number of benzene rings is 2. The van der Waals surface area contributed by atoms with Crippen LogP contribution in [0.15, 0.2) is 85.2 Å². The molecule has 0 saturated heterocycles. The van der Waals surface area contributed by atoms with Gasteiger partial charge in [0.1, 0.15) is 19.0 Å². The van der Waals surface area contributed by atoms with Crippen molar-refractivity contribution in [2.24, 2.45) is 7.05 Å². The molecule has 5 heterocycles. The van der Waals surface area contributed by atoms with Crippen molar-refractivity contribution in [3.05, 3.63) is 90.9 Å². The first-order valence-electron chi connectivity index (χ1n) is 18.7. The normalized spacial score (nSPS) is 15.1. The summed E-state index contributed by atoms with van der Waals surface area (Å²) >= 11 is 0. The monoisotopic (exact) mass is 784 g/mol. The van der Waals surface area contributed by atoms with Crippen molar-refractivity contribution in [3.63, 3.8) is 0 Å². The quantitative estimate of drug-likeness (QED) is 0.0871. The summed E-state index contributed by atoms with van der Waals surface area (Å²) in [4.78, 5) is 4.79. The van der Waals surface area contributed by atoms with Crippen LogP contribution in [0.5, 0.6) is 11.8 Å². The number of aryl methyl sites for hydroxylation is 2. The molecule has 0 amide bonds. The Hall–Kier alpha value is -4.64. The molecule has 0 saturated carbocycles. The Morgan fingerprint density at radius 1 is 0.927 bits per heavy atom. The lowest BCUT2D eigenvalue weighted by atomic mass is 10.0. The van der Waals surface area contributed by atoms with Crippen LogP contribution in [0.1, 0.15) is 26.5 Å². The van der Waals surface area contributed by atoms with Crippen LogP contribution >= 0.6 is 0 Å². The summed E-state index contributed by atoms with van der Waals surface area (Å²) in [7, 11) is -2.60. The van der Waals surface area contributed by atoms with Crippen molar-refractivity contribution in [2.75, 3.05) is 13.2 Å². The van der Waals surface area contributed by atoms with E-state index in [1.165, 1.54) is 15.1 Å². The Morgan fingerprint density at radius 3 is 2.22 bits per heavy atom. The molecule has 0 radical (unpaired) electrons. The van der Waals surface area contributed by atoms with Crippen LogP contribution in [0.3, 0.4) is 0 Å². The summed E-state index contributed by atoms with van der Waals surface area (Å²) in [5, 5.41) is 12.2. The van der Waals surface area contributed by atoms with Gasteiger partial charge in [0.25, 0.3) is 8.32 Å². The topological polar surface area (TPSA) is 90.4 Å². The number of rotatable bonds is 13. The van der Waals surface area contributed by atoms with Gasteiger partial charge in [-0.1, -0.05) is 101 Å². The van der Waals surface area contributed by atoms with E-state index in [1.54, 1.807) is 19.4 Å². The van der Waals surface area contributed by atoms with Crippen LogP contribution in [0.2, 0.25) is 30.7 Å². The Bertz CT molecular complexity index is 2220. The number of hydrogen-bond donors (Lipinski definition) is 0. The van der Waals surface area contributed by atoms with Crippen molar-refractivity contribution in [1.29, 1.82) is 0 Å². The van der Waals surface area contributed by atoms with E-state index in [1.807, 2.05) is 40.4 Å². The first kappa shape index (κ1) is 38.6. The zero-order chi connectivity index (χ0) is 39.1. The maximum absolute atomic E-state index is 13.8. The van der Waals surface area contributed by atoms with Gasteiger partial charge in [0, 0.05) is 45.1 Å². The minimum absolute atomic E-state index is 0.181. The highest BCUT2D eigenvalue weighted by Gasteiger charge is 2.52. The summed E-state index contributed by atoms with van der Waals surface area (Å²) in [6.07, 6.45) is 3.10. The highest BCUT2D eigenvalue weighted by atomic mass is 28.4. The predicted octanol–water partition coefficient (Wildman–Crippen LogP) is 7.86. The molecule has 4 aromatic heterocycles. The lowest BCUT2D eigenvalue weighted by Crippen LogP contribution is -2.68. The van der Waals surface area contributed by atoms with Crippen LogP contribution in [0, 0.1) is 6.92 Å². The minimum atomic E-state index is -3.06. The fraction of sp³-hybridized carbons (Fsp3) is 0.390. The van der Waals surface area contributed by atoms with Gasteiger partial charge >= 0.3 is 6.61 Å². The van der Waals surface area contributed by atoms with E-state index in [0.717, 1.165) is 17.0 Å². The van der Waals surface area contributed by atoms with Crippen LogP contribution in [-0.2, 0) is 29.5 Å². The van der Waals surface area contributed by atoms with Gasteiger partial charge in [-0.3, -0.25) is 4.68 Å². The zero-order valence-corrected chi connectivity index (χ0v) is 34.8. The van der Waals surface area contributed by atoms with Gasteiger partial charge in [-0.2, -0.15) is 13.9 Å². The number of alkyl halides is 2. The van der Waals surface area contributed by atoms with Gasteiger partial charge in [-0.25, -0.2) is 9.67 Å². The third-order valence-electron chi connectivity index (χ3n) is 10.2. The fourth-order valence-corrected chi connectivity index (χ4v) is 13.1. The molecular formula is C41H50F2N6O4Si2. The smallest absolute Gasteiger partial charge is 0.388 e. The van der Waals surface area contributed by atoms with Crippen molar-refractivity contribution in [1.82, 2.24) is 29.1 Å². The van der Waals surface area contributed by atoms with Crippen molar-refractivity contribution in [3.8, 4) is 34.1 Å².